The molecule has 0 bridgehead atoms. The van der Waals surface area contributed by atoms with Crippen molar-refractivity contribution in [3.8, 4) is 11.5 Å². The molecule has 114 valence electrons. The predicted molar refractivity (Wildman–Crippen MR) is 76.8 cm³/mol. The monoisotopic (exact) mass is 292 g/mol. The Hall–Kier alpha value is -2.04. The molecule has 1 aliphatic carbocycles. The first-order chi connectivity index (χ1) is 10.0. The Morgan fingerprint density at radius 2 is 1.95 bits per heavy atom. The number of Topliss-reactive ketones (excluding diaryl/α,β-unsaturated/α-hetero) is 1. The van der Waals surface area contributed by atoms with Crippen molar-refractivity contribution in [2.75, 3.05) is 14.2 Å². The van der Waals surface area contributed by atoms with E-state index in [9.17, 15) is 14.7 Å². The fraction of sp³-hybridized carbons (Fsp3) is 0.500. The zero-order chi connectivity index (χ0) is 15.5. The normalized spacial score (nSPS) is 21.9. The molecule has 1 aromatic carbocycles. The summed E-state index contributed by atoms with van der Waals surface area (Å²) in [5.74, 6) is -0.0718. The van der Waals surface area contributed by atoms with E-state index in [2.05, 4.69) is 0 Å². The zero-order valence-corrected chi connectivity index (χ0v) is 12.3. The first-order valence-corrected chi connectivity index (χ1v) is 7.01. The lowest BCUT2D eigenvalue weighted by atomic mass is 9.69. The molecule has 1 saturated carbocycles. The van der Waals surface area contributed by atoms with Gasteiger partial charge in [0, 0.05) is 6.42 Å². The average Bonchev–Trinajstić information content (AvgIpc) is 2.49. The molecule has 1 aliphatic rings. The van der Waals surface area contributed by atoms with E-state index in [1.807, 2.05) is 0 Å². The number of ether oxygens (including phenoxy) is 2. The number of ketones is 1. The van der Waals surface area contributed by atoms with E-state index in [0.29, 0.717) is 24.3 Å². The molecule has 1 atom stereocenters. The number of benzene rings is 1. The molecule has 0 spiro atoms. The van der Waals surface area contributed by atoms with Crippen molar-refractivity contribution >= 4 is 11.8 Å². The third-order valence-electron chi connectivity index (χ3n) is 4.15. The number of hydrogen-bond acceptors (Lipinski definition) is 4. The first kappa shape index (κ1) is 15.4. The Kier molecular flexibility index (Phi) is 4.50. The lowest BCUT2D eigenvalue weighted by molar-refractivity contribution is -0.157. The summed E-state index contributed by atoms with van der Waals surface area (Å²) in [5.41, 5.74) is -0.525. The highest BCUT2D eigenvalue weighted by Gasteiger charge is 2.46. The van der Waals surface area contributed by atoms with Crippen LogP contribution in [0.15, 0.2) is 18.2 Å². The van der Waals surface area contributed by atoms with Crippen LogP contribution in [0.1, 0.15) is 31.2 Å². The Bertz CT molecular complexity index is 552. The molecule has 5 nitrogen and oxygen atoms in total. The minimum atomic E-state index is -1.29. The molecule has 2 rings (SSSR count). The summed E-state index contributed by atoms with van der Waals surface area (Å²) in [5, 5.41) is 9.57. The summed E-state index contributed by atoms with van der Waals surface area (Å²) in [6.07, 6.45) is 2.49. The minimum Gasteiger partial charge on any atom is -0.493 e. The smallest absolute Gasteiger partial charge is 0.317 e. The van der Waals surface area contributed by atoms with Gasteiger partial charge >= 0.3 is 5.97 Å². The number of carboxylic acids is 1. The molecule has 5 heteroatoms. The van der Waals surface area contributed by atoms with Gasteiger partial charge in [0.05, 0.1) is 14.2 Å². The predicted octanol–water partition coefficient (Wildman–Crippen LogP) is 2.46. The highest BCUT2D eigenvalue weighted by atomic mass is 16.5. The van der Waals surface area contributed by atoms with Gasteiger partial charge < -0.3 is 14.6 Å². The standard InChI is InChI=1S/C16H20O5/c1-20-12-7-6-11(9-13(12)21-2)10-16(15(18)19)8-4-3-5-14(16)17/h6-7,9H,3-5,8,10H2,1-2H3,(H,18,19). The molecular weight excluding hydrogens is 272 g/mol. The number of hydrogen-bond donors (Lipinski definition) is 1. The van der Waals surface area contributed by atoms with Crippen molar-refractivity contribution in [2.45, 2.75) is 32.1 Å². The van der Waals surface area contributed by atoms with Crippen LogP contribution in [0, 0.1) is 5.41 Å². The number of carbonyl (C=O) groups is 2. The number of carbonyl (C=O) groups excluding carboxylic acids is 1. The minimum absolute atomic E-state index is 0.170. The summed E-state index contributed by atoms with van der Waals surface area (Å²) < 4.78 is 10.4. The Labute approximate surface area is 123 Å². The lowest BCUT2D eigenvalue weighted by Crippen LogP contribution is -2.43. The molecule has 0 saturated heterocycles. The first-order valence-electron chi connectivity index (χ1n) is 7.01. The molecule has 0 heterocycles. The average molecular weight is 292 g/mol. The highest BCUT2D eigenvalue weighted by molar-refractivity contribution is 6.03. The second-order valence-electron chi connectivity index (χ2n) is 5.38. The maximum Gasteiger partial charge on any atom is 0.317 e. The third-order valence-corrected chi connectivity index (χ3v) is 4.15. The maximum atomic E-state index is 12.2. The number of aliphatic carboxylic acids is 1. The second kappa shape index (κ2) is 6.16. The molecule has 0 amide bonds. The van der Waals surface area contributed by atoms with Crippen LogP contribution in [0.25, 0.3) is 0 Å². The largest absolute Gasteiger partial charge is 0.493 e. The summed E-state index contributed by atoms with van der Waals surface area (Å²) in [7, 11) is 3.07. The van der Waals surface area contributed by atoms with E-state index in [0.717, 1.165) is 18.4 Å². The zero-order valence-electron chi connectivity index (χ0n) is 12.3. The number of methoxy groups -OCH3 is 2. The van der Waals surface area contributed by atoms with Gasteiger partial charge in [0.25, 0.3) is 0 Å². The van der Waals surface area contributed by atoms with Crippen molar-refractivity contribution in [1.29, 1.82) is 0 Å². The van der Waals surface area contributed by atoms with Crippen molar-refractivity contribution in [3.63, 3.8) is 0 Å². The van der Waals surface area contributed by atoms with Gasteiger partial charge in [-0.3, -0.25) is 9.59 Å². The van der Waals surface area contributed by atoms with Gasteiger partial charge in [-0.1, -0.05) is 12.5 Å². The van der Waals surface area contributed by atoms with Crippen molar-refractivity contribution in [3.05, 3.63) is 23.8 Å². The van der Waals surface area contributed by atoms with Gasteiger partial charge in [0.2, 0.25) is 0 Å². The van der Waals surface area contributed by atoms with E-state index in [1.54, 1.807) is 25.3 Å². The third kappa shape index (κ3) is 2.86. The number of rotatable bonds is 5. The molecule has 1 unspecified atom stereocenters. The van der Waals surface area contributed by atoms with Crippen LogP contribution < -0.4 is 9.47 Å². The number of carboxylic acid groups (broad SMARTS) is 1. The van der Waals surface area contributed by atoms with Crippen molar-refractivity contribution in [2.24, 2.45) is 5.41 Å². The van der Waals surface area contributed by atoms with Gasteiger partial charge in [-0.15, -0.1) is 0 Å². The van der Waals surface area contributed by atoms with Gasteiger partial charge in [-0.05, 0) is 37.0 Å². The highest BCUT2D eigenvalue weighted by Crippen LogP contribution is 2.38. The van der Waals surface area contributed by atoms with Gasteiger partial charge in [0.1, 0.15) is 5.41 Å². The topological polar surface area (TPSA) is 72.8 Å². The van der Waals surface area contributed by atoms with Crippen LogP contribution >= 0.6 is 0 Å². The second-order valence-corrected chi connectivity index (χ2v) is 5.38. The van der Waals surface area contributed by atoms with Crippen LogP contribution in [0.5, 0.6) is 11.5 Å². The van der Waals surface area contributed by atoms with Crippen LogP contribution in [0.4, 0.5) is 0 Å². The molecule has 21 heavy (non-hydrogen) atoms. The van der Waals surface area contributed by atoms with Gasteiger partial charge in [0.15, 0.2) is 17.3 Å². The molecule has 0 aliphatic heterocycles. The van der Waals surface area contributed by atoms with Gasteiger partial charge in [-0.2, -0.15) is 0 Å². The summed E-state index contributed by atoms with van der Waals surface area (Å²) in [6.45, 7) is 0. The quantitative estimate of drug-likeness (QED) is 0.844. The van der Waals surface area contributed by atoms with Crippen LogP contribution in [-0.2, 0) is 16.0 Å². The molecular formula is C16H20O5. The Morgan fingerprint density at radius 1 is 1.24 bits per heavy atom. The van der Waals surface area contributed by atoms with Crippen LogP contribution in [0.3, 0.4) is 0 Å². The SMILES string of the molecule is COc1ccc(CC2(C(=O)O)CCCCC2=O)cc1OC. The Balaban J connectivity index is 2.33. The summed E-state index contributed by atoms with van der Waals surface area (Å²) in [4.78, 5) is 23.9. The maximum absolute atomic E-state index is 12.2. The van der Waals surface area contributed by atoms with E-state index in [4.69, 9.17) is 9.47 Å². The van der Waals surface area contributed by atoms with Crippen LogP contribution in [0.2, 0.25) is 0 Å². The molecule has 1 N–H and O–H groups in total. The van der Waals surface area contributed by atoms with Crippen molar-refractivity contribution in [1.82, 2.24) is 0 Å². The van der Waals surface area contributed by atoms with E-state index in [1.165, 1.54) is 7.11 Å². The molecule has 1 fully saturated rings. The van der Waals surface area contributed by atoms with E-state index >= 15 is 0 Å². The fourth-order valence-corrected chi connectivity index (χ4v) is 2.92. The fourth-order valence-electron chi connectivity index (χ4n) is 2.92. The van der Waals surface area contributed by atoms with Crippen LogP contribution in [-0.4, -0.2) is 31.1 Å². The molecule has 1 aromatic rings. The molecule has 0 radical (unpaired) electrons. The van der Waals surface area contributed by atoms with Gasteiger partial charge in [-0.25, -0.2) is 0 Å². The molecule has 0 aromatic heterocycles. The Morgan fingerprint density at radius 3 is 2.52 bits per heavy atom. The lowest BCUT2D eigenvalue weighted by Gasteiger charge is -2.31. The van der Waals surface area contributed by atoms with Crippen molar-refractivity contribution < 1.29 is 24.2 Å². The summed E-state index contributed by atoms with van der Waals surface area (Å²) >= 11 is 0. The van der Waals surface area contributed by atoms with E-state index in [-0.39, 0.29) is 12.2 Å². The summed E-state index contributed by atoms with van der Waals surface area (Å²) in [6, 6.07) is 5.26. The van der Waals surface area contributed by atoms with E-state index < -0.39 is 11.4 Å².